The minimum absolute atomic E-state index is 0.148. The number of pyridine rings is 1. The SMILES string of the molecule is CCc1cc(C(=O)NCCc2ccco2)cc(NN)n1. The molecule has 2 rings (SSSR count). The van der Waals surface area contributed by atoms with E-state index < -0.39 is 0 Å². The third-order valence-electron chi connectivity index (χ3n) is 2.89. The van der Waals surface area contributed by atoms with E-state index >= 15 is 0 Å². The Morgan fingerprint density at radius 2 is 2.30 bits per heavy atom. The van der Waals surface area contributed by atoms with Gasteiger partial charge >= 0.3 is 0 Å². The molecule has 0 atom stereocenters. The Balaban J connectivity index is 1.97. The molecule has 106 valence electrons. The first kappa shape index (κ1) is 14.1. The summed E-state index contributed by atoms with van der Waals surface area (Å²) in [6.07, 6.45) is 3.02. The smallest absolute Gasteiger partial charge is 0.251 e. The van der Waals surface area contributed by atoms with Crippen LogP contribution < -0.4 is 16.6 Å². The summed E-state index contributed by atoms with van der Waals surface area (Å²) in [6.45, 7) is 2.49. The highest BCUT2D eigenvalue weighted by molar-refractivity contribution is 5.95. The van der Waals surface area contributed by atoms with E-state index in [1.54, 1.807) is 18.4 Å². The normalized spacial score (nSPS) is 10.3. The van der Waals surface area contributed by atoms with Crippen molar-refractivity contribution >= 4 is 11.7 Å². The number of rotatable bonds is 6. The highest BCUT2D eigenvalue weighted by atomic mass is 16.3. The maximum Gasteiger partial charge on any atom is 0.251 e. The summed E-state index contributed by atoms with van der Waals surface area (Å²) in [7, 11) is 0. The van der Waals surface area contributed by atoms with Gasteiger partial charge in [0.25, 0.3) is 5.91 Å². The van der Waals surface area contributed by atoms with Gasteiger partial charge in [-0.25, -0.2) is 10.8 Å². The molecule has 1 amide bonds. The molecular formula is C14H18N4O2. The lowest BCUT2D eigenvalue weighted by atomic mass is 10.2. The van der Waals surface area contributed by atoms with Gasteiger partial charge in [-0.2, -0.15) is 0 Å². The van der Waals surface area contributed by atoms with Crippen molar-refractivity contribution < 1.29 is 9.21 Å². The molecule has 0 radical (unpaired) electrons. The molecule has 2 aromatic heterocycles. The highest BCUT2D eigenvalue weighted by Crippen LogP contribution is 2.10. The quantitative estimate of drug-likeness (QED) is 0.548. The van der Waals surface area contributed by atoms with Crippen molar-refractivity contribution in [3.8, 4) is 0 Å². The van der Waals surface area contributed by atoms with Crippen LogP contribution in [0.5, 0.6) is 0 Å². The molecule has 0 aliphatic rings. The van der Waals surface area contributed by atoms with Gasteiger partial charge in [-0.05, 0) is 30.7 Å². The van der Waals surface area contributed by atoms with Crippen LogP contribution in [0.3, 0.4) is 0 Å². The summed E-state index contributed by atoms with van der Waals surface area (Å²) in [6, 6.07) is 7.10. The van der Waals surface area contributed by atoms with Crippen LogP contribution in [0.15, 0.2) is 34.9 Å². The molecule has 4 N–H and O–H groups in total. The number of hydrazine groups is 1. The molecule has 0 saturated heterocycles. The molecule has 2 heterocycles. The second-order valence-corrected chi connectivity index (χ2v) is 4.32. The molecule has 0 aromatic carbocycles. The fourth-order valence-corrected chi connectivity index (χ4v) is 1.83. The molecule has 20 heavy (non-hydrogen) atoms. The lowest BCUT2D eigenvalue weighted by Gasteiger charge is -2.08. The van der Waals surface area contributed by atoms with Gasteiger partial charge in [-0.3, -0.25) is 4.79 Å². The Kier molecular flexibility index (Phi) is 4.73. The van der Waals surface area contributed by atoms with Crippen molar-refractivity contribution in [1.29, 1.82) is 0 Å². The van der Waals surface area contributed by atoms with Crippen LogP contribution >= 0.6 is 0 Å². The number of hydrogen-bond acceptors (Lipinski definition) is 5. The van der Waals surface area contributed by atoms with E-state index in [1.165, 1.54) is 0 Å². The number of carbonyl (C=O) groups is 1. The van der Waals surface area contributed by atoms with E-state index in [2.05, 4.69) is 15.7 Å². The van der Waals surface area contributed by atoms with Gasteiger partial charge in [0, 0.05) is 24.2 Å². The zero-order valence-electron chi connectivity index (χ0n) is 11.3. The summed E-state index contributed by atoms with van der Waals surface area (Å²) in [4.78, 5) is 16.3. The van der Waals surface area contributed by atoms with E-state index in [-0.39, 0.29) is 5.91 Å². The predicted octanol–water partition coefficient (Wildman–Crippen LogP) is 1.50. The van der Waals surface area contributed by atoms with Crippen molar-refractivity contribution in [1.82, 2.24) is 10.3 Å². The molecule has 0 bridgehead atoms. The minimum atomic E-state index is -0.148. The first-order valence-corrected chi connectivity index (χ1v) is 6.51. The fourth-order valence-electron chi connectivity index (χ4n) is 1.83. The number of hydrogen-bond donors (Lipinski definition) is 3. The maximum atomic E-state index is 12.1. The third kappa shape index (κ3) is 3.58. The number of anilines is 1. The molecule has 6 heteroatoms. The van der Waals surface area contributed by atoms with E-state index in [0.717, 1.165) is 17.9 Å². The van der Waals surface area contributed by atoms with Gasteiger partial charge in [0.1, 0.15) is 11.6 Å². The molecule has 6 nitrogen and oxygen atoms in total. The van der Waals surface area contributed by atoms with E-state index in [9.17, 15) is 4.79 Å². The number of nitrogens with two attached hydrogens (primary N) is 1. The van der Waals surface area contributed by atoms with Crippen molar-refractivity contribution in [3.63, 3.8) is 0 Å². The summed E-state index contributed by atoms with van der Waals surface area (Å²) >= 11 is 0. The van der Waals surface area contributed by atoms with Gasteiger partial charge in [-0.1, -0.05) is 6.92 Å². The molecule has 0 spiro atoms. The van der Waals surface area contributed by atoms with Crippen LogP contribution in [0.1, 0.15) is 28.7 Å². The maximum absolute atomic E-state index is 12.1. The van der Waals surface area contributed by atoms with Crippen LogP contribution in [-0.2, 0) is 12.8 Å². The number of aromatic nitrogens is 1. The summed E-state index contributed by atoms with van der Waals surface area (Å²) in [5.74, 6) is 6.53. The van der Waals surface area contributed by atoms with E-state index in [4.69, 9.17) is 10.3 Å². The first-order valence-electron chi connectivity index (χ1n) is 6.51. The monoisotopic (exact) mass is 274 g/mol. The van der Waals surface area contributed by atoms with Crippen molar-refractivity contribution in [2.75, 3.05) is 12.0 Å². The van der Waals surface area contributed by atoms with Gasteiger partial charge in [0.2, 0.25) is 0 Å². The first-order chi connectivity index (χ1) is 9.72. The van der Waals surface area contributed by atoms with Crippen molar-refractivity contribution in [2.45, 2.75) is 19.8 Å². The molecule has 0 saturated carbocycles. The van der Waals surface area contributed by atoms with Crippen LogP contribution in [-0.4, -0.2) is 17.4 Å². The van der Waals surface area contributed by atoms with Crippen LogP contribution in [0, 0.1) is 0 Å². The lowest BCUT2D eigenvalue weighted by Crippen LogP contribution is -2.26. The minimum Gasteiger partial charge on any atom is -0.469 e. The summed E-state index contributed by atoms with van der Waals surface area (Å²) < 4.78 is 5.21. The number of nitrogens with zero attached hydrogens (tertiary/aromatic N) is 1. The highest BCUT2D eigenvalue weighted by Gasteiger charge is 2.09. The fraction of sp³-hybridized carbons (Fsp3) is 0.286. The average Bonchev–Trinajstić information content (AvgIpc) is 2.99. The molecule has 2 aromatic rings. The number of amides is 1. The predicted molar refractivity (Wildman–Crippen MR) is 76.2 cm³/mol. The molecule has 0 aliphatic heterocycles. The van der Waals surface area contributed by atoms with Crippen LogP contribution in [0.25, 0.3) is 0 Å². The van der Waals surface area contributed by atoms with Crippen molar-refractivity contribution in [2.24, 2.45) is 5.84 Å². The third-order valence-corrected chi connectivity index (χ3v) is 2.89. The molecular weight excluding hydrogens is 256 g/mol. The Hall–Kier alpha value is -2.34. The second kappa shape index (κ2) is 6.72. The molecule has 0 fully saturated rings. The second-order valence-electron chi connectivity index (χ2n) is 4.32. The Labute approximate surface area is 117 Å². The Bertz CT molecular complexity index is 544. The molecule has 0 aliphatic carbocycles. The Morgan fingerprint density at radius 3 is 2.95 bits per heavy atom. The van der Waals surface area contributed by atoms with Gasteiger partial charge in [-0.15, -0.1) is 0 Å². The summed E-state index contributed by atoms with van der Waals surface area (Å²) in [5.41, 5.74) is 3.83. The Morgan fingerprint density at radius 1 is 1.45 bits per heavy atom. The number of carbonyl (C=O) groups excluding carboxylic acids is 1. The van der Waals surface area contributed by atoms with Gasteiger partial charge in [0.15, 0.2) is 0 Å². The summed E-state index contributed by atoms with van der Waals surface area (Å²) in [5, 5.41) is 2.84. The van der Waals surface area contributed by atoms with E-state index in [0.29, 0.717) is 24.3 Å². The van der Waals surface area contributed by atoms with Gasteiger partial charge in [0.05, 0.1) is 6.26 Å². The lowest BCUT2D eigenvalue weighted by molar-refractivity contribution is 0.0953. The number of furan rings is 1. The van der Waals surface area contributed by atoms with Crippen molar-refractivity contribution in [3.05, 3.63) is 47.5 Å². The number of nitrogen functional groups attached to an aromatic ring is 1. The van der Waals surface area contributed by atoms with Crippen LogP contribution in [0.4, 0.5) is 5.82 Å². The largest absolute Gasteiger partial charge is 0.469 e. The topological polar surface area (TPSA) is 93.2 Å². The number of nitrogens with one attached hydrogen (secondary N) is 2. The van der Waals surface area contributed by atoms with E-state index in [1.807, 2.05) is 19.1 Å². The zero-order valence-corrected chi connectivity index (χ0v) is 11.3. The number of aryl methyl sites for hydroxylation is 1. The average molecular weight is 274 g/mol. The standard InChI is InChI=1S/C14H18N4O2/c1-2-11-8-10(9-13(17-11)18-15)14(19)16-6-5-12-4-3-7-20-12/h3-4,7-9H,2,5-6,15H2,1H3,(H,16,19)(H,17,18). The van der Waals surface area contributed by atoms with Crippen LogP contribution in [0.2, 0.25) is 0 Å². The van der Waals surface area contributed by atoms with Gasteiger partial charge < -0.3 is 15.2 Å². The zero-order chi connectivity index (χ0) is 14.4. The molecule has 0 unspecified atom stereocenters.